The van der Waals surface area contributed by atoms with Gasteiger partial charge < -0.3 is 15.2 Å². The van der Waals surface area contributed by atoms with Crippen LogP contribution in [-0.2, 0) is 30.8 Å². The maximum Gasteiger partial charge on any atom is 0.191 e. The molecule has 1 aliphatic rings. The third kappa shape index (κ3) is 7.30. The summed E-state index contributed by atoms with van der Waals surface area (Å²) in [5, 5.41) is 17.8. The minimum absolute atomic E-state index is 0. The van der Waals surface area contributed by atoms with E-state index in [4.69, 9.17) is 4.99 Å². The Labute approximate surface area is 203 Å². The Morgan fingerprint density at radius 2 is 2.23 bits per heavy atom. The highest BCUT2D eigenvalue weighted by Gasteiger charge is 2.26. The van der Waals surface area contributed by atoms with Gasteiger partial charge in [-0.15, -0.1) is 45.5 Å². The van der Waals surface area contributed by atoms with Gasteiger partial charge in [-0.05, 0) is 44.1 Å². The number of hydrogen-bond acceptors (Lipinski definition) is 5. The van der Waals surface area contributed by atoms with Crippen LogP contribution in [0.2, 0.25) is 0 Å². The monoisotopic (exact) mass is 564 g/mol. The highest BCUT2D eigenvalue weighted by atomic mass is 127. The van der Waals surface area contributed by atoms with Gasteiger partial charge in [0.2, 0.25) is 0 Å². The van der Waals surface area contributed by atoms with Crippen LogP contribution in [0.3, 0.4) is 0 Å². The van der Waals surface area contributed by atoms with Crippen molar-refractivity contribution in [2.45, 2.75) is 63.8 Å². The van der Waals surface area contributed by atoms with Gasteiger partial charge in [-0.25, -0.2) is 4.99 Å². The highest BCUT2D eigenvalue weighted by molar-refractivity contribution is 14.0. The molecule has 30 heavy (non-hydrogen) atoms. The third-order valence-corrected chi connectivity index (χ3v) is 8.11. The van der Waals surface area contributed by atoms with Crippen molar-refractivity contribution in [3.63, 3.8) is 0 Å². The highest BCUT2D eigenvalue weighted by Crippen LogP contribution is 2.23. The van der Waals surface area contributed by atoms with Gasteiger partial charge in [0.05, 0.1) is 0 Å². The van der Waals surface area contributed by atoms with Crippen molar-refractivity contribution in [2.75, 3.05) is 12.3 Å². The van der Waals surface area contributed by atoms with E-state index in [-0.39, 0.29) is 24.0 Å². The van der Waals surface area contributed by atoms with E-state index in [9.17, 15) is 4.21 Å². The van der Waals surface area contributed by atoms with Crippen molar-refractivity contribution in [3.8, 4) is 0 Å². The van der Waals surface area contributed by atoms with Crippen molar-refractivity contribution in [3.05, 3.63) is 34.0 Å². The van der Waals surface area contributed by atoms with Gasteiger partial charge in [0.1, 0.15) is 12.4 Å². The van der Waals surface area contributed by atoms with Gasteiger partial charge in [-0.1, -0.05) is 19.4 Å². The van der Waals surface area contributed by atoms with E-state index in [1.807, 2.05) is 25.5 Å². The maximum absolute atomic E-state index is 12.3. The zero-order valence-electron chi connectivity index (χ0n) is 18.0. The molecule has 0 aliphatic heterocycles. The molecular formula is C20H33IN6OS2. The average Bonchev–Trinajstić information content (AvgIpc) is 3.36. The lowest BCUT2D eigenvalue weighted by Crippen LogP contribution is -2.47. The van der Waals surface area contributed by atoms with Crippen molar-refractivity contribution in [2.24, 2.45) is 12.0 Å². The third-order valence-electron chi connectivity index (χ3n) is 5.43. The van der Waals surface area contributed by atoms with Crippen LogP contribution < -0.4 is 10.6 Å². The molecule has 1 fully saturated rings. The van der Waals surface area contributed by atoms with Crippen LogP contribution in [0, 0.1) is 6.92 Å². The smallest absolute Gasteiger partial charge is 0.191 e. The van der Waals surface area contributed by atoms with Crippen molar-refractivity contribution >= 4 is 52.1 Å². The summed E-state index contributed by atoms with van der Waals surface area (Å²) in [6.45, 7) is 5.24. The number of halogens is 1. The molecule has 168 valence electrons. The van der Waals surface area contributed by atoms with Gasteiger partial charge in [0.25, 0.3) is 0 Å². The first-order chi connectivity index (χ1) is 14.1. The van der Waals surface area contributed by atoms with Gasteiger partial charge in [-0.2, -0.15) is 0 Å². The topological polar surface area (TPSA) is 84.2 Å². The van der Waals surface area contributed by atoms with Crippen LogP contribution >= 0.6 is 35.3 Å². The molecule has 0 radical (unpaired) electrons. The van der Waals surface area contributed by atoms with E-state index in [1.165, 1.54) is 4.88 Å². The molecule has 2 aromatic rings. The van der Waals surface area contributed by atoms with Gasteiger partial charge in [-0.3, -0.25) is 4.21 Å². The van der Waals surface area contributed by atoms with Crippen LogP contribution in [0.4, 0.5) is 0 Å². The Morgan fingerprint density at radius 3 is 2.90 bits per heavy atom. The Morgan fingerprint density at radius 1 is 1.40 bits per heavy atom. The number of hydrogen-bond donors (Lipinski definition) is 2. The van der Waals surface area contributed by atoms with Crippen molar-refractivity contribution in [1.29, 1.82) is 0 Å². The molecule has 10 heteroatoms. The fourth-order valence-electron chi connectivity index (χ4n) is 3.59. The summed E-state index contributed by atoms with van der Waals surface area (Å²) in [5.41, 5.74) is 0. The SMILES string of the molecule is CCS(=O)C1CCCC(NC(=NCc2nnc(C)n2C)NCCc2cccs2)C1.I. The minimum atomic E-state index is -0.729. The largest absolute Gasteiger partial charge is 0.356 e. The Kier molecular flexibility index (Phi) is 10.7. The second-order valence-electron chi connectivity index (χ2n) is 7.44. The Balaban J connectivity index is 0.00000320. The van der Waals surface area contributed by atoms with Crippen LogP contribution in [0.5, 0.6) is 0 Å². The second kappa shape index (κ2) is 12.7. The van der Waals surface area contributed by atoms with Crippen LogP contribution in [0.15, 0.2) is 22.5 Å². The van der Waals surface area contributed by atoms with Crippen LogP contribution in [-0.4, -0.2) is 48.5 Å². The molecule has 0 bridgehead atoms. The molecule has 2 heterocycles. The summed E-state index contributed by atoms with van der Waals surface area (Å²) in [7, 11) is 1.23. The minimum Gasteiger partial charge on any atom is -0.356 e. The number of aliphatic imine (C=N–C) groups is 1. The summed E-state index contributed by atoms with van der Waals surface area (Å²) in [6, 6.07) is 4.54. The summed E-state index contributed by atoms with van der Waals surface area (Å²) in [6.07, 6.45) is 5.17. The van der Waals surface area contributed by atoms with Gasteiger partial charge in [0.15, 0.2) is 11.8 Å². The molecule has 0 spiro atoms. The Hall–Kier alpha value is -1.01. The van der Waals surface area contributed by atoms with E-state index in [0.29, 0.717) is 17.8 Å². The van der Waals surface area contributed by atoms with E-state index in [2.05, 4.69) is 38.3 Å². The quantitative estimate of drug-likeness (QED) is 0.293. The summed E-state index contributed by atoms with van der Waals surface area (Å²) in [5.74, 6) is 3.27. The lowest BCUT2D eigenvalue weighted by Gasteiger charge is -2.30. The number of nitrogens with one attached hydrogen (secondary N) is 2. The summed E-state index contributed by atoms with van der Waals surface area (Å²) < 4.78 is 14.2. The molecule has 2 aromatic heterocycles. The second-order valence-corrected chi connectivity index (χ2v) is 10.5. The van der Waals surface area contributed by atoms with Crippen molar-refractivity contribution < 1.29 is 4.21 Å². The molecule has 0 saturated heterocycles. The van der Waals surface area contributed by atoms with Crippen LogP contribution in [0.1, 0.15) is 49.1 Å². The molecule has 0 aromatic carbocycles. The molecule has 3 unspecified atom stereocenters. The Bertz CT molecular complexity index is 823. The van der Waals surface area contributed by atoms with E-state index in [1.54, 1.807) is 11.3 Å². The lowest BCUT2D eigenvalue weighted by molar-refractivity contribution is 0.413. The predicted octanol–water partition coefficient (Wildman–Crippen LogP) is 3.16. The number of aryl methyl sites for hydroxylation is 1. The van der Waals surface area contributed by atoms with E-state index >= 15 is 0 Å². The number of guanidine groups is 1. The van der Waals surface area contributed by atoms with E-state index in [0.717, 1.165) is 62.0 Å². The first kappa shape index (κ1) is 25.3. The number of nitrogens with zero attached hydrogens (tertiary/aromatic N) is 4. The van der Waals surface area contributed by atoms with Gasteiger partial charge >= 0.3 is 0 Å². The summed E-state index contributed by atoms with van der Waals surface area (Å²) in [4.78, 5) is 6.13. The molecule has 7 nitrogen and oxygen atoms in total. The summed E-state index contributed by atoms with van der Waals surface area (Å²) >= 11 is 1.78. The maximum atomic E-state index is 12.3. The zero-order valence-corrected chi connectivity index (χ0v) is 21.9. The molecule has 0 amide bonds. The standard InChI is InChI=1S/C20H32N6OS2.HI/c1-4-29(27)18-9-5-7-16(13-18)23-20(21-11-10-17-8-6-12-28-17)22-14-19-25-24-15(2)26(19)3;/h6,8,12,16,18H,4-5,7,9-11,13-14H2,1-3H3,(H2,21,22,23);1H. The van der Waals surface area contributed by atoms with Crippen molar-refractivity contribution in [1.82, 2.24) is 25.4 Å². The molecule has 3 atom stereocenters. The fourth-order valence-corrected chi connectivity index (χ4v) is 5.65. The average molecular weight is 565 g/mol. The predicted molar refractivity (Wildman–Crippen MR) is 136 cm³/mol. The lowest BCUT2D eigenvalue weighted by atomic mass is 9.95. The zero-order chi connectivity index (χ0) is 20.6. The number of rotatable bonds is 8. The first-order valence-electron chi connectivity index (χ1n) is 10.4. The number of thiophene rings is 1. The molecular weight excluding hydrogens is 531 g/mol. The van der Waals surface area contributed by atoms with Crippen LogP contribution in [0.25, 0.3) is 0 Å². The molecule has 1 aliphatic carbocycles. The normalized spacial score (nSPS) is 20.4. The number of aromatic nitrogens is 3. The molecule has 3 rings (SSSR count). The van der Waals surface area contributed by atoms with E-state index < -0.39 is 10.8 Å². The van der Waals surface area contributed by atoms with Gasteiger partial charge in [0, 0.05) is 46.3 Å². The molecule has 1 saturated carbocycles. The first-order valence-corrected chi connectivity index (χ1v) is 12.6. The molecule has 2 N–H and O–H groups in total. The fraction of sp³-hybridized carbons (Fsp3) is 0.650.